The van der Waals surface area contributed by atoms with Crippen molar-refractivity contribution < 1.29 is 4.79 Å². The highest BCUT2D eigenvalue weighted by molar-refractivity contribution is 7.08. The topological polar surface area (TPSA) is 125 Å². The molecule has 0 aliphatic heterocycles. The number of nitrogens with one attached hydrogen (secondary N) is 3. The Kier molecular flexibility index (Phi) is 5.53. The van der Waals surface area contributed by atoms with Crippen LogP contribution < -0.4 is 5.32 Å². The number of carbonyl (C=O) groups excluding carboxylic acids is 1. The summed E-state index contributed by atoms with van der Waals surface area (Å²) in [6.45, 7) is 6.10. The number of fused-ring (bicyclic) bond motifs is 2. The fraction of sp³-hybridized carbons (Fsp3) is 0.185. The summed E-state index contributed by atoms with van der Waals surface area (Å²) in [4.78, 5) is 34.1. The first-order chi connectivity index (χ1) is 17.8. The fourth-order valence-corrected chi connectivity index (χ4v) is 4.89. The maximum absolute atomic E-state index is 12.4. The Hall–Kier alpha value is -4.44. The van der Waals surface area contributed by atoms with Crippen LogP contribution in [0.5, 0.6) is 0 Å². The average molecular weight is 509 g/mol. The zero-order valence-electron chi connectivity index (χ0n) is 20.5. The van der Waals surface area contributed by atoms with Crippen LogP contribution in [0.2, 0.25) is 0 Å². The van der Waals surface area contributed by atoms with Crippen molar-refractivity contribution >= 4 is 45.0 Å². The molecule has 6 heterocycles. The summed E-state index contributed by atoms with van der Waals surface area (Å²) in [7, 11) is 0. The maximum Gasteiger partial charge on any atom is 0.224 e. The van der Waals surface area contributed by atoms with Crippen molar-refractivity contribution in [3.63, 3.8) is 0 Å². The number of hydrogen-bond donors (Lipinski definition) is 3. The molecule has 0 aliphatic rings. The van der Waals surface area contributed by atoms with Gasteiger partial charge in [-0.1, -0.05) is 20.8 Å². The largest absolute Gasteiger partial charge is 0.336 e. The number of amides is 1. The molecule has 0 radical (unpaired) electrons. The predicted octanol–water partition coefficient (Wildman–Crippen LogP) is 6.06. The van der Waals surface area contributed by atoms with Crippen LogP contribution in [0, 0.1) is 5.41 Å². The summed E-state index contributed by atoms with van der Waals surface area (Å²) in [6, 6.07) is 7.85. The second-order valence-electron chi connectivity index (χ2n) is 10.1. The first-order valence-corrected chi connectivity index (χ1v) is 12.8. The number of carbonyl (C=O) groups is 1. The highest BCUT2D eigenvalue weighted by Crippen LogP contribution is 2.32. The van der Waals surface area contributed by atoms with E-state index in [1.54, 1.807) is 36.1 Å². The van der Waals surface area contributed by atoms with Gasteiger partial charge < -0.3 is 10.3 Å². The third-order valence-electron chi connectivity index (χ3n) is 5.88. The lowest BCUT2D eigenvalue weighted by Gasteiger charge is -2.17. The van der Waals surface area contributed by atoms with E-state index in [2.05, 4.69) is 40.8 Å². The highest BCUT2D eigenvalue weighted by Gasteiger charge is 2.18. The van der Waals surface area contributed by atoms with E-state index in [0.29, 0.717) is 29.3 Å². The molecule has 6 rings (SSSR count). The Morgan fingerprint density at radius 3 is 2.70 bits per heavy atom. The lowest BCUT2D eigenvalue weighted by molar-refractivity contribution is -0.117. The number of aromatic amines is 2. The second kappa shape index (κ2) is 8.90. The Morgan fingerprint density at radius 1 is 1.03 bits per heavy atom. The summed E-state index contributed by atoms with van der Waals surface area (Å²) in [5, 5.41) is 15.4. The first-order valence-electron chi connectivity index (χ1n) is 11.8. The minimum Gasteiger partial charge on any atom is -0.336 e. The van der Waals surface area contributed by atoms with Gasteiger partial charge in [-0.3, -0.25) is 19.9 Å². The summed E-state index contributed by atoms with van der Waals surface area (Å²) in [5.74, 6) is 0.587. The van der Waals surface area contributed by atoms with Gasteiger partial charge in [-0.25, -0.2) is 9.97 Å². The minimum atomic E-state index is -0.0983. The smallest absolute Gasteiger partial charge is 0.224 e. The van der Waals surface area contributed by atoms with Gasteiger partial charge in [0.05, 0.1) is 28.5 Å². The molecule has 184 valence electrons. The van der Waals surface area contributed by atoms with Gasteiger partial charge in [0, 0.05) is 47.1 Å². The molecular formula is C27H24N8OS. The lowest BCUT2D eigenvalue weighted by atomic mass is 9.92. The predicted molar refractivity (Wildman–Crippen MR) is 146 cm³/mol. The van der Waals surface area contributed by atoms with Crippen molar-refractivity contribution in [3.05, 3.63) is 59.8 Å². The van der Waals surface area contributed by atoms with Gasteiger partial charge in [0.2, 0.25) is 5.91 Å². The van der Waals surface area contributed by atoms with E-state index in [0.717, 1.165) is 38.8 Å². The molecule has 3 N–H and O–H groups in total. The van der Waals surface area contributed by atoms with Gasteiger partial charge in [0.1, 0.15) is 11.2 Å². The molecule has 0 saturated heterocycles. The van der Waals surface area contributed by atoms with Gasteiger partial charge in [-0.05, 0) is 35.1 Å². The van der Waals surface area contributed by atoms with Gasteiger partial charge in [-0.15, -0.1) is 0 Å². The van der Waals surface area contributed by atoms with E-state index in [9.17, 15) is 4.79 Å². The molecule has 0 spiro atoms. The van der Waals surface area contributed by atoms with Crippen LogP contribution in [0.4, 0.5) is 5.69 Å². The minimum absolute atomic E-state index is 0.0432. The third-order valence-corrected chi connectivity index (χ3v) is 6.57. The van der Waals surface area contributed by atoms with E-state index >= 15 is 0 Å². The van der Waals surface area contributed by atoms with Crippen molar-refractivity contribution in [3.8, 4) is 33.9 Å². The number of nitrogens with zero attached hydrogens (tertiary/aromatic N) is 5. The van der Waals surface area contributed by atoms with E-state index in [1.165, 1.54) is 0 Å². The van der Waals surface area contributed by atoms with Gasteiger partial charge >= 0.3 is 0 Å². The Balaban J connectivity index is 1.36. The van der Waals surface area contributed by atoms with Crippen molar-refractivity contribution in [2.75, 3.05) is 5.32 Å². The molecule has 6 aromatic heterocycles. The zero-order valence-corrected chi connectivity index (χ0v) is 21.3. The average Bonchev–Trinajstić information content (AvgIpc) is 3.61. The van der Waals surface area contributed by atoms with Crippen molar-refractivity contribution in [2.24, 2.45) is 5.41 Å². The monoisotopic (exact) mass is 508 g/mol. The molecule has 0 unspecified atom stereocenters. The molecule has 10 heteroatoms. The molecular weight excluding hydrogens is 484 g/mol. The number of thiophene rings is 1. The number of hydrogen-bond acceptors (Lipinski definition) is 7. The molecule has 0 fully saturated rings. The van der Waals surface area contributed by atoms with Gasteiger partial charge in [0.25, 0.3) is 0 Å². The Morgan fingerprint density at radius 2 is 1.89 bits per heavy atom. The first kappa shape index (κ1) is 23.0. The van der Waals surface area contributed by atoms with Crippen molar-refractivity contribution in [1.29, 1.82) is 0 Å². The Labute approximate surface area is 216 Å². The maximum atomic E-state index is 12.4. The van der Waals surface area contributed by atoms with Crippen LogP contribution in [0.3, 0.4) is 0 Å². The van der Waals surface area contributed by atoms with Crippen LogP contribution in [-0.4, -0.2) is 41.0 Å². The van der Waals surface area contributed by atoms with Crippen LogP contribution in [0.1, 0.15) is 27.2 Å². The molecule has 9 nitrogen and oxygen atoms in total. The zero-order chi connectivity index (χ0) is 25.6. The quantitative estimate of drug-likeness (QED) is 0.260. The molecule has 37 heavy (non-hydrogen) atoms. The lowest BCUT2D eigenvalue weighted by Crippen LogP contribution is -2.19. The fourth-order valence-electron chi connectivity index (χ4n) is 4.25. The number of imidazole rings is 1. The van der Waals surface area contributed by atoms with E-state index in [1.807, 2.05) is 50.4 Å². The van der Waals surface area contributed by atoms with Crippen LogP contribution in [0.15, 0.2) is 59.8 Å². The molecule has 0 atom stereocenters. The number of pyridine rings is 3. The molecule has 0 saturated carbocycles. The highest BCUT2D eigenvalue weighted by atomic mass is 32.1. The summed E-state index contributed by atoms with van der Waals surface area (Å²) < 4.78 is 0. The summed E-state index contributed by atoms with van der Waals surface area (Å²) in [5.41, 5.74) is 7.09. The van der Waals surface area contributed by atoms with Crippen LogP contribution in [0.25, 0.3) is 56.0 Å². The Bertz CT molecular complexity index is 1740. The third kappa shape index (κ3) is 4.58. The number of anilines is 1. The normalized spacial score (nSPS) is 11.9. The standard InChI is InChI=1S/C27H24N8OS/c1-27(2,3)10-21(36)31-18-8-16(11-28-13-18)17-9-19-23(34-35-25(19)30-12-17)26-32-20-4-6-29-22(24(20)33-26)15-5-7-37-14-15/h4-9,11-14H,10H2,1-3H3,(H,31,36)(H,32,33)(H,30,34,35). The summed E-state index contributed by atoms with van der Waals surface area (Å²) in [6.07, 6.45) is 7.36. The molecule has 0 aliphatic carbocycles. The van der Waals surface area contributed by atoms with Crippen molar-refractivity contribution in [1.82, 2.24) is 35.1 Å². The summed E-state index contributed by atoms with van der Waals surface area (Å²) >= 11 is 1.62. The number of aromatic nitrogens is 7. The van der Waals surface area contributed by atoms with E-state index in [-0.39, 0.29) is 11.3 Å². The van der Waals surface area contributed by atoms with Crippen LogP contribution >= 0.6 is 11.3 Å². The second-order valence-corrected chi connectivity index (χ2v) is 10.9. The molecule has 1 amide bonds. The number of H-pyrrole nitrogens is 2. The van der Waals surface area contributed by atoms with E-state index in [4.69, 9.17) is 4.98 Å². The van der Waals surface area contributed by atoms with Crippen LogP contribution in [-0.2, 0) is 4.79 Å². The number of rotatable bonds is 5. The molecule has 0 aromatic carbocycles. The van der Waals surface area contributed by atoms with Gasteiger partial charge in [-0.2, -0.15) is 16.4 Å². The SMILES string of the molecule is CC(C)(C)CC(=O)Nc1cncc(-c2cnc3[nH]nc(-c4nc5c(-c6ccsc6)nccc5[nH]4)c3c2)c1. The van der Waals surface area contributed by atoms with Crippen molar-refractivity contribution in [2.45, 2.75) is 27.2 Å². The van der Waals surface area contributed by atoms with E-state index < -0.39 is 0 Å². The molecule has 0 bridgehead atoms. The van der Waals surface area contributed by atoms with Gasteiger partial charge in [0.15, 0.2) is 11.5 Å². The molecule has 6 aromatic rings.